The van der Waals surface area contributed by atoms with Gasteiger partial charge in [-0.2, -0.15) is 4.98 Å². The first-order valence-corrected chi connectivity index (χ1v) is 5.70. The molecule has 0 fully saturated rings. The minimum atomic E-state index is 0.459. The molecule has 0 radical (unpaired) electrons. The molecule has 0 N–H and O–H groups in total. The molecular weight excluding hydrogens is 230 g/mol. The van der Waals surface area contributed by atoms with Crippen LogP contribution in [0.2, 0.25) is 0 Å². The van der Waals surface area contributed by atoms with Crippen molar-refractivity contribution in [3.8, 4) is 23.0 Å². The maximum atomic E-state index is 5.34. The van der Waals surface area contributed by atoms with E-state index < -0.39 is 0 Å². The zero-order valence-corrected chi connectivity index (χ0v) is 9.83. The van der Waals surface area contributed by atoms with Crippen LogP contribution in [0.15, 0.2) is 45.7 Å². The SMILES string of the molecule is CCc1occc1-c1nc(-c2ccccn2)no1. The Hall–Kier alpha value is -2.43. The zero-order valence-electron chi connectivity index (χ0n) is 9.83. The summed E-state index contributed by atoms with van der Waals surface area (Å²) >= 11 is 0. The monoisotopic (exact) mass is 241 g/mol. The number of nitrogens with zero attached hydrogens (tertiary/aromatic N) is 3. The lowest BCUT2D eigenvalue weighted by Crippen LogP contribution is -1.85. The van der Waals surface area contributed by atoms with Crippen molar-refractivity contribution in [3.63, 3.8) is 0 Å². The highest BCUT2D eigenvalue weighted by Crippen LogP contribution is 2.25. The molecule has 3 heterocycles. The van der Waals surface area contributed by atoms with Gasteiger partial charge in [0, 0.05) is 12.6 Å². The summed E-state index contributed by atoms with van der Waals surface area (Å²) in [5, 5.41) is 3.93. The van der Waals surface area contributed by atoms with Crippen molar-refractivity contribution in [1.29, 1.82) is 0 Å². The molecule has 0 aliphatic carbocycles. The Bertz CT molecular complexity index is 643. The number of hydrogen-bond donors (Lipinski definition) is 0. The van der Waals surface area contributed by atoms with Crippen LogP contribution in [0.1, 0.15) is 12.7 Å². The van der Waals surface area contributed by atoms with Gasteiger partial charge in [-0.3, -0.25) is 4.98 Å². The molecule has 0 aliphatic rings. The molecule has 0 amide bonds. The summed E-state index contributed by atoms with van der Waals surface area (Å²) in [6, 6.07) is 7.39. The fraction of sp³-hybridized carbons (Fsp3) is 0.154. The first kappa shape index (κ1) is 10.7. The van der Waals surface area contributed by atoms with E-state index in [1.54, 1.807) is 12.5 Å². The summed E-state index contributed by atoms with van der Waals surface area (Å²) in [5.74, 6) is 1.78. The third-order valence-electron chi connectivity index (χ3n) is 2.62. The molecule has 0 saturated heterocycles. The van der Waals surface area contributed by atoms with E-state index in [1.807, 2.05) is 31.2 Å². The largest absolute Gasteiger partial charge is 0.469 e. The van der Waals surface area contributed by atoms with Crippen molar-refractivity contribution < 1.29 is 8.94 Å². The summed E-state index contributed by atoms with van der Waals surface area (Å²) < 4.78 is 10.6. The van der Waals surface area contributed by atoms with Gasteiger partial charge in [0.15, 0.2) is 0 Å². The second kappa shape index (κ2) is 4.44. The quantitative estimate of drug-likeness (QED) is 0.705. The molecule has 5 heteroatoms. The van der Waals surface area contributed by atoms with Crippen molar-refractivity contribution in [1.82, 2.24) is 15.1 Å². The van der Waals surface area contributed by atoms with Crippen molar-refractivity contribution >= 4 is 0 Å². The Balaban J connectivity index is 2.00. The van der Waals surface area contributed by atoms with Crippen molar-refractivity contribution in [3.05, 3.63) is 42.5 Å². The highest BCUT2D eigenvalue weighted by Gasteiger charge is 2.15. The van der Waals surface area contributed by atoms with E-state index in [9.17, 15) is 0 Å². The van der Waals surface area contributed by atoms with Crippen LogP contribution in [-0.2, 0) is 6.42 Å². The van der Waals surface area contributed by atoms with Crippen LogP contribution in [0.25, 0.3) is 23.0 Å². The molecule has 5 nitrogen and oxygen atoms in total. The number of aromatic nitrogens is 3. The second-order valence-electron chi connectivity index (χ2n) is 3.75. The van der Waals surface area contributed by atoms with Gasteiger partial charge in [0.2, 0.25) is 5.82 Å². The predicted molar refractivity (Wildman–Crippen MR) is 64.6 cm³/mol. The summed E-state index contributed by atoms with van der Waals surface area (Å²) in [6.07, 6.45) is 4.10. The van der Waals surface area contributed by atoms with Gasteiger partial charge < -0.3 is 8.94 Å². The van der Waals surface area contributed by atoms with Crippen LogP contribution in [0.5, 0.6) is 0 Å². The molecule has 90 valence electrons. The number of rotatable bonds is 3. The Morgan fingerprint density at radius 3 is 2.94 bits per heavy atom. The molecule has 0 atom stereocenters. The van der Waals surface area contributed by atoms with E-state index in [0.717, 1.165) is 17.7 Å². The molecular formula is C13H11N3O2. The maximum absolute atomic E-state index is 5.34. The molecule has 0 spiro atoms. The molecule has 0 bridgehead atoms. The van der Waals surface area contributed by atoms with Crippen LogP contribution in [-0.4, -0.2) is 15.1 Å². The Morgan fingerprint density at radius 1 is 1.22 bits per heavy atom. The van der Waals surface area contributed by atoms with Crippen LogP contribution in [0, 0.1) is 0 Å². The summed E-state index contributed by atoms with van der Waals surface area (Å²) in [4.78, 5) is 8.51. The van der Waals surface area contributed by atoms with E-state index in [0.29, 0.717) is 17.4 Å². The Kier molecular flexibility index (Phi) is 2.64. The lowest BCUT2D eigenvalue weighted by atomic mass is 10.2. The first-order chi connectivity index (χ1) is 8.88. The molecule has 0 aromatic carbocycles. The second-order valence-corrected chi connectivity index (χ2v) is 3.75. The van der Waals surface area contributed by atoms with E-state index in [1.165, 1.54) is 0 Å². The summed E-state index contributed by atoms with van der Waals surface area (Å²) in [6.45, 7) is 2.01. The average molecular weight is 241 g/mol. The molecule has 3 rings (SSSR count). The first-order valence-electron chi connectivity index (χ1n) is 5.70. The summed E-state index contributed by atoms with van der Waals surface area (Å²) in [7, 11) is 0. The molecule has 0 unspecified atom stereocenters. The lowest BCUT2D eigenvalue weighted by Gasteiger charge is -1.92. The van der Waals surface area contributed by atoms with Crippen molar-refractivity contribution in [2.24, 2.45) is 0 Å². The number of aryl methyl sites for hydroxylation is 1. The van der Waals surface area contributed by atoms with Crippen LogP contribution in [0.4, 0.5) is 0 Å². The summed E-state index contributed by atoms with van der Waals surface area (Å²) in [5.41, 5.74) is 1.53. The fourth-order valence-corrected chi connectivity index (χ4v) is 1.74. The highest BCUT2D eigenvalue weighted by atomic mass is 16.5. The average Bonchev–Trinajstić information content (AvgIpc) is 3.08. The van der Waals surface area contributed by atoms with Crippen molar-refractivity contribution in [2.75, 3.05) is 0 Å². The molecule has 0 aliphatic heterocycles. The van der Waals surface area contributed by atoms with Gasteiger partial charge in [-0.25, -0.2) is 0 Å². The van der Waals surface area contributed by atoms with Gasteiger partial charge in [0.05, 0.1) is 11.8 Å². The van der Waals surface area contributed by atoms with E-state index in [4.69, 9.17) is 8.94 Å². The fourth-order valence-electron chi connectivity index (χ4n) is 1.74. The van der Waals surface area contributed by atoms with Crippen LogP contribution < -0.4 is 0 Å². The van der Waals surface area contributed by atoms with Gasteiger partial charge in [0.25, 0.3) is 5.89 Å². The van der Waals surface area contributed by atoms with Gasteiger partial charge in [-0.1, -0.05) is 18.1 Å². The Morgan fingerprint density at radius 2 is 2.17 bits per heavy atom. The van der Waals surface area contributed by atoms with Crippen LogP contribution in [0.3, 0.4) is 0 Å². The van der Waals surface area contributed by atoms with E-state index in [-0.39, 0.29) is 0 Å². The smallest absolute Gasteiger partial charge is 0.261 e. The van der Waals surface area contributed by atoms with E-state index in [2.05, 4.69) is 15.1 Å². The van der Waals surface area contributed by atoms with E-state index >= 15 is 0 Å². The highest BCUT2D eigenvalue weighted by molar-refractivity contribution is 5.58. The normalized spacial score (nSPS) is 10.7. The van der Waals surface area contributed by atoms with Gasteiger partial charge in [0.1, 0.15) is 11.5 Å². The number of furan rings is 1. The minimum Gasteiger partial charge on any atom is -0.469 e. The van der Waals surface area contributed by atoms with Crippen molar-refractivity contribution in [2.45, 2.75) is 13.3 Å². The molecule has 18 heavy (non-hydrogen) atoms. The van der Waals surface area contributed by atoms with Gasteiger partial charge in [-0.15, -0.1) is 0 Å². The van der Waals surface area contributed by atoms with Crippen LogP contribution >= 0.6 is 0 Å². The zero-order chi connectivity index (χ0) is 12.4. The Labute approximate surface area is 103 Å². The third-order valence-corrected chi connectivity index (χ3v) is 2.62. The minimum absolute atomic E-state index is 0.459. The number of hydrogen-bond acceptors (Lipinski definition) is 5. The standard InChI is InChI=1S/C13H11N3O2/c1-2-11-9(6-8-17-11)13-15-12(16-18-13)10-5-3-4-7-14-10/h3-8H,2H2,1H3. The topological polar surface area (TPSA) is 65.0 Å². The molecule has 3 aromatic heterocycles. The molecule has 3 aromatic rings. The molecule has 0 saturated carbocycles. The third kappa shape index (κ3) is 1.79. The van der Waals surface area contributed by atoms with Gasteiger partial charge >= 0.3 is 0 Å². The number of pyridine rings is 1. The maximum Gasteiger partial charge on any atom is 0.261 e. The lowest BCUT2D eigenvalue weighted by molar-refractivity contribution is 0.429. The van der Waals surface area contributed by atoms with Gasteiger partial charge in [-0.05, 0) is 18.2 Å². The predicted octanol–water partition coefficient (Wildman–Crippen LogP) is 2.95.